The molecule has 1 fully saturated rings. The molecule has 1 saturated heterocycles. The van der Waals surface area contributed by atoms with Crippen molar-refractivity contribution in [3.05, 3.63) is 36.2 Å². The summed E-state index contributed by atoms with van der Waals surface area (Å²) in [6, 6.07) is 2.32. The second kappa shape index (κ2) is 6.84. The van der Waals surface area contributed by atoms with E-state index in [1.54, 1.807) is 10.9 Å². The lowest BCUT2D eigenvalue weighted by molar-refractivity contribution is -0.0924. The van der Waals surface area contributed by atoms with Crippen molar-refractivity contribution in [2.24, 2.45) is 5.16 Å². The van der Waals surface area contributed by atoms with E-state index in [1.165, 1.54) is 22.3 Å². The highest BCUT2D eigenvalue weighted by atomic mass is 19.1. The first-order valence-corrected chi connectivity index (χ1v) is 7.97. The van der Waals surface area contributed by atoms with Gasteiger partial charge in [0.25, 0.3) is 0 Å². The fourth-order valence-corrected chi connectivity index (χ4v) is 2.97. The van der Waals surface area contributed by atoms with E-state index in [9.17, 15) is 13.9 Å². The third-order valence-electron chi connectivity index (χ3n) is 4.15. The molecule has 2 aliphatic rings. The molecule has 26 heavy (non-hydrogen) atoms. The van der Waals surface area contributed by atoms with Crippen molar-refractivity contribution in [2.75, 3.05) is 29.5 Å². The highest BCUT2D eigenvalue weighted by molar-refractivity contribution is 5.80. The van der Waals surface area contributed by atoms with Crippen LogP contribution in [0.25, 0.3) is 0 Å². The number of oxime groups is 1. The second-order valence-electron chi connectivity index (χ2n) is 5.87. The molecular formula is C15H16F2N6O3. The summed E-state index contributed by atoms with van der Waals surface area (Å²) >= 11 is 0. The molecular weight excluding hydrogens is 350 g/mol. The zero-order valence-electron chi connectivity index (χ0n) is 13.6. The average molecular weight is 366 g/mol. The van der Waals surface area contributed by atoms with Gasteiger partial charge in [0.15, 0.2) is 11.6 Å². The predicted molar refractivity (Wildman–Crippen MR) is 86.4 cm³/mol. The molecule has 9 nitrogen and oxygen atoms in total. The van der Waals surface area contributed by atoms with E-state index < -0.39 is 24.2 Å². The summed E-state index contributed by atoms with van der Waals surface area (Å²) in [7, 11) is 0. The number of halogens is 2. The first kappa shape index (κ1) is 16.7. The molecule has 4 rings (SSSR count). The molecule has 0 spiro atoms. The van der Waals surface area contributed by atoms with Gasteiger partial charge >= 0.3 is 0 Å². The number of anilines is 2. The zero-order chi connectivity index (χ0) is 18.1. The van der Waals surface area contributed by atoms with E-state index in [0.29, 0.717) is 6.54 Å². The molecule has 3 heterocycles. The Morgan fingerprint density at radius 1 is 1.27 bits per heavy atom. The number of nitrogens with zero attached hydrogens (tertiary/aromatic N) is 6. The van der Waals surface area contributed by atoms with Crippen LogP contribution in [0.3, 0.4) is 0 Å². The van der Waals surface area contributed by atoms with Gasteiger partial charge in [0.05, 0.1) is 31.9 Å². The van der Waals surface area contributed by atoms with Crippen LogP contribution >= 0.6 is 0 Å². The molecule has 11 heteroatoms. The summed E-state index contributed by atoms with van der Waals surface area (Å²) in [5, 5.41) is 21.2. The van der Waals surface area contributed by atoms with Gasteiger partial charge in [-0.3, -0.25) is 0 Å². The molecule has 0 amide bonds. The molecule has 0 bridgehead atoms. The Kier molecular flexibility index (Phi) is 4.39. The van der Waals surface area contributed by atoms with Crippen LogP contribution in [0.5, 0.6) is 0 Å². The lowest BCUT2D eigenvalue weighted by Gasteiger charge is -2.25. The van der Waals surface area contributed by atoms with Gasteiger partial charge in [-0.2, -0.15) is 0 Å². The largest absolute Gasteiger partial charge is 0.393 e. The average Bonchev–Trinajstić information content (AvgIpc) is 3.25. The quantitative estimate of drug-likeness (QED) is 0.844. The summed E-state index contributed by atoms with van der Waals surface area (Å²) < 4.78 is 36.0. The van der Waals surface area contributed by atoms with Gasteiger partial charge < -0.3 is 24.5 Å². The predicted octanol–water partition coefficient (Wildman–Crippen LogP) is 0.518. The van der Waals surface area contributed by atoms with Crippen molar-refractivity contribution in [1.82, 2.24) is 15.0 Å². The summed E-state index contributed by atoms with van der Waals surface area (Å²) in [5.74, 6) is -1.53. The van der Waals surface area contributed by atoms with E-state index in [1.807, 2.05) is 0 Å². The van der Waals surface area contributed by atoms with Crippen LogP contribution in [-0.2, 0) is 16.1 Å². The molecule has 2 aliphatic heterocycles. The topological polar surface area (TPSA) is 88.2 Å². The molecule has 2 atom stereocenters. The lowest BCUT2D eigenvalue weighted by atomic mass is 10.2. The lowest BCUT2D eigenvalue weighted by Crippen LogP contribution is -2.32. The Hall–Kier alpha value is -2.79. The Bertz CT molecular complexity index is 780. The van der Waals surface area contributed by atoms with Gasteiger partial charge in [0.2, 0.25) is 6.41 Å². The van der Waals surface area contributed by atoms with Crippen LogP contribution in [0, 0.1) is 11.6 Å². The maximum Gasteiger partial charge on any atom is 0.238 e. The minimum Gasteiger partial charge on any atom is -0.393 e. The van der Waals surface area contributed by atoms with E-state index in [-0.39, 0.29) is 31.1 Å². The van der Waals surface area contributed by atoms with Gasteiger partial charge in [-0.25, -0.2) is 13.5 Å². The fourth-order valence-electron chi connectivity index (χ4n) is 2.97. The minimum absolute atomic E-state index is 0.183. The highest BCUT2D eigenvalue weighted by Crippen LogP contribution is 2.31. The smallest absolute Gasteiger partial charge is 0.238 e. The molecule has 0 aliphatic carbocycles. The molecule has 1 aromatic carbocycles. The summed E-state index contributed by atoms with van der Waals surface area (Å²) in [4.78, 5) is 7.50. The maximum atomic E-state index is 14.5. The maximum absolute atomic E-state index is 14.5. The van der Waals surface area contributed by atoms with Crippen LogP contribution < -0.4 is 9.80 Å². The van der Waals surface area contributed by atoms with Crippen molar-refractivity contribution in [3.63, 3.8) is 0 Å². The molecule has 0 saturated carbocycles. The van der Waals surface area contributed by atoms with Crippen molar-refractivity contribution in [2.45, 2.75) is 19.1 Å². The molecule has 1 aromatic heterocycles. The number of hydrogen-bond acceptors (Lipinski definition) is 8. The molecule has 0 radical (unpaired) electrons. The van der Waals surface area contributed by atoms with Crippen molar-refractivity contribution < 1.29 is 23.5 Å². The van der Waals surface area contributed by atoms with Crippen LogP contribution in [0.1, 0.15) is 0 Å². The highest BCUT2D eigenvalue weighted by Gasteiger charge is 2.33. The number of hydrogen-bond donors (Lipinski definition) is 1. The third-order valence-corrected chi connectivity index (χ3v) is 4.15. The van der Waals surface area contributed by atoms with Crippen molar-refractivity contribution in [3.8, 4) is 0 Å². The fraction of sp³-hybridized carbons (Fsp3) is 0.400. The molecule has 2 aromatic rings. The van der Waals surface area contributed by atoms with Gasteiger partial charge in [0.1, 0.15) is 18.6 Å². The number of aliphatic hydroxyl groups is 1. The minimum atomic E-state index is -1.31. The number of rotatable bonds is 4. The van der Waals surface area contributed by atoms with E-state index in [4.69, 9.17) is 9.57 Å². The Balaban J connectivity index is 1.54. The standard InChI is InChI=1S/C15H16F2N6O3/c16-12-5-10(6-13(17)14(12)21-3-4-25-19-9-21)23-8-11(26-15(23)24)7-22-2-1-18-20-22/h1-2,5-6,9,11,15,24H,3-4,7-8H2. The first-order valence-electron chi connectivity index (χ1n) is 7.97. The van der Waals surface area contributed by atoms with Crippen LogP contribution in [0.2, 0.25) is 0 Å². The first-order chi connectivity index (χ1) is 12.6. The summed E-state index contributed by atoms with van der Waals surface area (Å²) in [6.07, 6.45) is 2.71. The normalized spacial score (nSPS) is 22.7. The molecule has 1 N–H and O–H groups in total. The van der Waals surface area contributed by atoms with Crippen LogP contribution in [-0.4, -0.2) is 58.7 Å². The Labute approximate surface area is 147 Å². The Morgan fingerprint density at radius 3 is 2.73 bits per heavy atom. The SMILES string of the molecule is OC1OC(Cn2ccnn2)CN1c1cc(F)c(N2C=NOCC2)c(F)c1. The monoisotopic (exact) mass is 366 g/mol. The van der Waals surface area contributed by atoms with E-state index >= 15 is 0 Å². The number of aliphatic hydroxyl groups excluding tert-OH is 1. The van der Waals surface area contributed by atoms with E-state index in [0.717, 1.165) is 12.1 Å². The summed E-state index contributed by atoms with van der Waals surface area (Å²) in [6.45, 7) is 1.13. The molecule has 2 unspecified atom stereocenters. The van der Waals surface area contributed by atoms with Crippen molar-refractivity contribution in [1.29, 1.82) is 0 Å². The van der Waals surface area contributed by atoms with Gasteiger partial charge in [0, 0.05) is 11.9 Å². The third kappa shape index (κ3) is 3.18. The van der Waals surface area contributed by atoms with Gasteiger partial charge in [-0.15, -0.1) is 5.10 Å². The zero-order valence-corrected chi connectivity index (χ0v) is 13.6. The summed E-state index contributed by atoms with van der Waals surface area (Å²) in [5.41, 5.74) is -0.0305. The van der Waals surface area contributed by atoms with Crippen molar-refractivity contribution >= 4 is 17.7 Å². The van der Waals surface area contributed by atoms with E-state index in [2.05, 4.69) is 15.5 Å². The number of benzene rings is 1. The van der Waals surface area contributed by atoms with Crippen LogP contribution in [0.15, 0.2) is 29.7 Å². The van der Waals surface area contributed by atoms with Gasteiger partial charge in [-0.1, -0.05) is 10.4 Å². The number of ether oxygens (including phenoxy) is 1. The number of aromatic nitrogens is 3. The Morgan fingerprint density at radius 2 is 2.08 bits per heavy atom. The second-order valence-corrected chi connectivity index (χ2v) is 5.87. The van der Waals surface area contributed by atoms with Gasteiger partial charge in [-0.05, 0) is 12.1 Å². The molecule has 138 valence electrons. The van der Waals surface area contributed by atoms with Crippen LogP contribution in [0.4, 0.5) is 20.2 Å².